The van der Waals surface area contributed by atoms with Crippen molar-refractivity contribution >= 4 is 5.97 Å². The van der Waals surface area contributed by atoms with E-state index in [4.69, 9.17) is 4.74 Å². The zero-order chi connectivity index (χ0) is 35.9. The maximum atomic E-state index is 12.5. The molecule has 0 fully saturated rings. The van der Waals surface area contributed by atoms with Gasteiger partial charge in [0.25, 0.3) is 0 Å². The topological polar surface area (TPSA) is 26.3 Å². The van der Waals surface area contributed by atoms with Gasteiger partial charge in [0.1, 0.15) is 0 Å². The highest BCUT2D eigenvalue weighted by Crippen LogP contribution is 2.21. The fraction of sp³-hybridized carbons (Fsp3) is 0.804. The number of carbonyl (C=O) groups excluding carboxylic acids is 1. The third-order valence-corrected chi connectivity index (χ3v) is 10.1. The number of esters is 1. The van der Waals surface area contributed by atoms with Crippen molar-refractivity contribution in [1.82, 2.24) is 0 Å². The Kier molecular flexibility index (Phi) is 36.4. The molecule has 0 rings (SSSR count). The summed E-state index contributed by atoms with van der Waals surface area (Å²) in [6, 6.07) is 0. The molecule has 3 heteroatoms. The minimum atomic E-state index is 0.00944. The molecule has 49 heavy (non-hydrogen) atoms. The zero-order valence-corrected chi connectivity index (χ0v) is 33.9. The number of nitrogens with zero attached hydrogens (tertiary/aromatic N) is 1. The third kappa shape index (κ3) is 37.5. The summed E-state index contributed by atoms with van der Waals surface area (Å²) in [4.78, 5) is 12.5. The van der Waals surface area contributed by atoms with Crippen LogP contribution in [-0.2, 0) is 9.53 Å². The molecule has 0 N–H and O–H groups in total. The highest BCUT2D eigenvalue weighted by molar-refractivity contribution is 5.69. The van der Waals surface area contributed by atoms with Crippen molar-refractivity contribution in [2.24, 2.45) is 5.92 Å². The van der Waals surface area contributed by atoms with Crippen LogP contribution in [0, 0.1) is 5.92 Å². The molecular formula is C46H86NO2+. The fourth-order valence-corrected chi connectivity index (χ4v) is 6.25. The highest BCUT2D eigenvalue weighted by Gasteiger charge is 2.15. The lowest BCUT2D eigenvalue weighted by molar-refractivity contribution is -0.888. The Morgan fingerprint density at radius 3 is 1.31 bits per heavy atom. The van der Waals surface area contributed by atoms with Gasteiger partial charge in [0.05, 0.1) is 40.2 Å². The van der Waals surface area contributed by atoms with Crippen LogP contribution < -0.4 is 0 Å². The van der Waals surface area contributed by atoms with Crippen LogP contribution in [0.2, 0.25) is 0 Å². The van der Waals surface area contributed by atoms with Gasteiger partial charge in [-0.1, -0.05) is 152 Å². The summed E-state index contributed by atoms with van der Waals surface area (Å²) in [5.74, 6) is 0.540. The Labute approximate surface area is 308 Å². The van der Waals surface area contributed by atoms with Crippen LogP contribution in [0.3, 0.4) is 0 Å². The average Bonchev–Trinajstić information content (AvgIpc) is 3.09. The molecule has 0 aliphatic rings. The van der Waals surface area contributed by atoms with E-state index in [-0.39, 0.29) is 5.97 Å². The number of hydrogen-bond donors (Lipinski definition) is 0. The second-order valence-corrected chi connectivity index (χ2v) is 15.4. The molecule has 0 aromatic heterocycles. The molecule has 0 aliphatic heterocycles. The first kappa shape index (κ1) is 47.4. The van der Waals surface area contributed by atoms with Crippen LogP contribution in [-0.4, -0.2) is 44.2 Å². The second-order valence-electron chi connectivity index (χ2n) is 15.4. The average molecular weight is 685 g/mol. The quantitative estimate of drug-likeness (QED) is 0.0282. The molecule has 286 valence electrons. The molecule has 0 saturated heterocycles. The zero-order valence-electron chi connectivity index (χ0n) is 33.9. The molecule has 0 aromatic rings. The van der Waals surface area contributed by atoms with Gasteiger partial charge in [0.2, 0.25) is 0 Å². The van der Waals surface area contributed by atoms with E-state index in [2.05, 4.69) is 83.5 Å². The van der Waals surface area contributed by atoms with Crippen molar-refractivity contribution in [2.75, 3.05) is 33.8 Å². The summed E-state index contributed by atoms with van der Waals surface area (Å²) in [7, 11) is 4.47. The molecule has 0 atom stereocenters. The Morgan fingerprint density at radius 2 is 0.898 bits per heavy atom. The minimum absolute atomic E-state index is 0.00944. The van der Waals surface area contributed by atoms with E-state index in [1.54, 1.807) is 0 Å². The van der Waals surface area contributed by atoms with Crippen LogP contribution in [0.25, 0.3) is 0 Å². The Bertz CT molecular complexity index is 760. The van der Waals surface area contributed by atoms with E-state index in [0.717, 1.165) is 36.8 Å². The second kappa shape index (κ2) is 37.6. The molecule has 0 radical (unpaired) electrons. The first-order valence-corrected chi connectivity index (χ1v) is 21.5. The van der Waals surface area contributed by atoms with Gasteiger partial charge < -0.3 is 9.22 Å². The first-order valence-electron chi connectivity index (χ1n) is 21.5. The summed E-state index contributed by atoms with van der Waals surface area (Å²) in [6.07, 6.45) is 53.6. The molecule has 0 heterocycles. The van der Waals surface area contributed by atoms with Crippen molar-refractivity contribution in [3.05, 3.63) is 48.6 Å². The summed E-state index contributed by atoms with van der Waals surface area (Å²) in [5, 5.41) is 0. The van der Waals surface area contributed by atoms with Crippen LogP contribution in [0.15, 0.2) is 48.6 Å². The van der Waals surface area contributed by atoms with E-state index < -0.39 is 0 Å². The number of allylic oxidation sites excluding steroid dienone is 8. The van der Waals surface area contributed by atoms with Gasteiger partial charge in [-0.2, -0.15) is 0 Å². The molecule has 0 saturated carbocycles. The largest absolute Gasteiger partial charge is 0.465 e. The molecule has 0 aromatic carbocycles. The molecule has 0 aliphatic carbocycles. The number of unbranched alkanes of at least 4 members (excludes halogenated alkanes) is 18. The Hall–Kier alpha value is -1.61. The standard InChI is InChI=1S/C46H86NO2/c1-6-9-11-13-15-17-19-21-23-25-27-29-31-33-35-37-40-45(44-49-46(48)42-39-43-47(4,5)8-3)41-38-36-34-32-30-28-26-24-22-20-18-16-14-12-10-7-2/h15-18,21-24,45H,6-14,19-20,25-44H2,1-5H3/q+1. The maximum absolute atomic E-state index is 12.5. The minimum Gasteiger partial charge on any atom is -0.465 e. The lowest BCUT2D eigenvalue weighted by Gasteiger charge is -2.27. The lowest BCUT2D eigenvalue weighted by Crippen LogP contribution is -2.40. The Morgan fingerprint density at radius 1 is 0.510 bits per heavy atom. The van der Waals surface area contributed by atoms with Gasteiger partial charge in [0, 0.05) is 6.42 Å². The number of hydrogen-bond acceptors (Lipinski definition) is 2. The lowest BCUT2D eigenvalue weighted by atomic mass is 9.94. The van der Waals surface area contributed by atoms with Crippen molar-refractivity contribution in [3.8, 4) is 0 Å². The maximum Gasteiger partial charge on any atom is 0.306 e. The predicted molar refractivity (Wildman–Crippen MR) is 219 cm³/mol. The van der Waals surface area contributed by atoms with Gasteiger partial charge >= 0.3 is 5.97 Å². The van der Waals surface area contributed by atoms with Crippen molar-refractivity contribution < 1.29 is 14.0 Å². The number of carbonyl (C=O) groups is 1. The van der Waals surface area contributed by atoms with Crippen LogP contribution >= 0.6 is 0 Å². The highest BCUT2D eigenvalue weighted by atomic mass is 16.5. The fourth-order valence-electron chi connectivity index (χ4n) is 6.25. The van der Waals surface area contributed by atoms with Crippen molar-refractivity contribution in [1.29, 1.82) is 0 Å². The third-order valence-electron chi connectivity index (χ3n) is 10.1. The first-order chi connectivity index (χ1) is 23.9. The molecular weight excluding hydrogens is 599 g/mol. The SMILES string of the molecule is CCCCCC=CCC=CCCCCCCCCC(CCCCCCCCC=CCC=CCCCCC)COC(=O)CCC[N+](C)(C)CC. The number of rotatable bonds is 37. The van der Waals surface area contributed by atoms with Gasteiger partial charge in [0.15, 0.2) is 0 Å². The van der Waals surface area contributed by atoms with Gasteiger partial charge in [-0.05, 0) is 89.9 Å². The molecule has 3 nitrogen and oxygen atoms in total. The summed E-state index contributed by atoms with van der Waals surface area (Å²) in [6.45, 7) is 9.51. The van der Waals surface area contributed by atoms with Crippen molar-refractivity contribution in [2.45, 2.75) is 201 Å². The van der Waals surface area contributed by atoms with E-state index >= 15 is 0 Å². The van der Waals surface area contributed by atoms with E-state index in [0.29, 0.717) is 18.9 Å². The summed E-state index contributed by atoms with van der Waals surface area (Å²) in [5.41, 5.74) is 0. The molecule has 0 bridgehead atoms. The normalized spacial score (nSPS) is 13.2. The van der Waals surface area contributed by atoms with Crippen LogP contribution in [0.4, 0.5) is 0 Å². The number of quaternary nitrogens is 1. The molecule has 0 unspecified atom stereocenters. The monoisotopic (exact) mass is 685 g/mol. The number of ether oxygens (including phenoxy) is 1. The van der Waals surface area contributed by atoms with Gasteiger partial charge in [-0.15, -0.1) is 0 Å². The van der Waals surface area contributed by atoms with E-state index in [9.17, 15) is 4.79 Å². The van der Waals surface area contributed by atoms with E-state index in [1.807, 2.05) is 0 Å². The summed E-state index contributed by atoms with van der Waals surface area (Å²) >= 11 is 0. The van der Waals surface area contributed by atoms with E-state index in [1.165, 1.54) is 154 Å². The smallest absolute Gasteiger partial charge is 0.306 e. The van der Waals surface area contributed by atoms with Gasteiger partial charge in [-0.25, -0.2) is 0 Å². The Balaban J connectivity index is 4.16. The van der Waals surface area contributed by atoms with Gasteiger partial charge in [-0.3, -0.25) is 4.79 Å². The van der Waals surface area contributed by atoms with Crippen LogP contribution in [0.5, 0.6) is 0 Å². The van der Waals surface area contributed by atoms with Crippen molar-refractivity contribution in [3.63, 3.8) is 0 Å². The van der Waals surface area contributed by atoms with Crippen LogP contribution in [0.1, 0.15) is 201 Å². The predicted octanol–water partition coefficient (Wildman–Crippen LogP) is 14.4. The summed E-state index contributed by atoms with van der Waals surface area (Å²) < 4.78 is 6.81. The molecule has 0 amide bonds. The molecule has 0 spiro atoms.